The van der Waals surface area contributed by atoms with Gasteiger partial charge in [0.15, 0.2) is 0 Å². The van der Waals surface area contributed by atoms with E-state index in [1.54, 1.807) is 7.11 Å². The summed E-state index contributed by atoms with van der Waals surface area (Å²) in [5.74, 6) is 0. The van der Waals surface area contributed by atoms with Crippen molar-refractivity contribution in [2.45, 2.75) is 39.8 Å². The second-order valence-electron chi connectivity index (χ2n) is 8.08. The van der Waals surface area contributed by atoms with E-state index in [1.807, 2.05) is 26.2 Å². The first-order chi connectivity index (χ1) is 14.3. The Kier molecular flexibility index (Phi) is 6.55. The van der Waals surface area contributed by atoms with Crippen LogP contribution in [0.25, 0.3) is 22.5 Å². The summed E-state index contributed by atoms with van der Waals surface area (Å²) in [6, 6.07) is 17.8. The monoisotopic (exact) mass is 405 g/mol. The van der Waals surface area contributed by atoms with Gasteiger partial charge in [0.25, 0.3) is 0 Å². The smallest absolute Gasteiger partial charge is 0.336 e. The van der Waals surface area contributed by atoms with Crippen molar-refractivity contribution in [2.75, 3.05) is 31.0 Å². The summed E-state index contributed by atoms with van der Waals surface area (Å²) in [5, 5.41) is 8.53. The summed E-state index contributed by atoms with van der Waals surface area (Å²) in [6.45, 7) is 8.84. The van der Waals surface area contributed by atoms with Gasteiger partial charge in [-0.15, -0.1) is 5.10 Å². The van der Waals surface area contributed by atoms with E-state index in [0.717, 1.165) is 28.2 Å². The standard InChI is InChI=1S/C24H31N5O/c1-16(2)29(17(3)4)21-14-10-18(11-15-21)22-23(26-27-24(25-22)30-7)19-8-12-20(13-9-19)28(5)6/h8-17H,1-7H3. The lowest BCUT2D eigenvalue weighted by molar-refractivity contribution is 0.374. The third-order valence-corrected chi connectivity index (χ3v) is 5.06. The fraction of sp³-hybridized carbons (Fsp3) is 0.375. The van der Waals surface area contributed by atoms with Gasteiger partial charge in [0, 0.05) is 48.7 Å². The molecule has 30 heavy (non-hydrogen) atoms. The molecule has 1 heterocycles. The summed E-state index contributed by atoms with van der Waals surface area (Å²) in [6.07, 6.45) is 0. The molecule has 158 valence electrons. The Balaban J connectivity index is 2.04. The van der Waals surface area contributed by atoms with Gasteiger partial charge in [-0.1, -0.05) is 29.4 Å². The molecule has 6 nitrogen and oxygen atoms in total. The maximum absolute atomic E-state index is 5.24. The molecule has 0 saturated heterocycles. The molecule has 0 N–H and O–H groups in total. The maximum atomic E-state index is 5.24. The lowest BCUT2D eigenvalue weighted by atomic mass is 10.0. The highest BCUT2D eigenvalue weighted by molar-refractivity contribution is 5.79. The van der Waals surface area contributed by atoms with Gasteiger partial charge < -0.3 is 14.5 Å². The predicted octanol–water partition coefficient (Wildman–Crippen LogP) is 4.90. The Morgan fingerprint density at radius 1 is 0.700 bits per heavy atom. The van der Waals surface area contributed by atoms with Crippen LogP contribution in [0.2, 0.25) is 0 Å². The van der Waals surface area contributed by atoms with Crippen molar-refractivity contribution in [2.24, 2.45) is 0 Å². The minimum absolute atomic E-state index is 0.258. The van der Waals surface area contributed by atoms with Crippen LogP contribution in [0.4, 0.5) is 11.4 Å². The fourth-order valence-electron chi connectivity index (χ4n) is 3.69. The van der Waals surface area contributed by atoms with Gasteiger partial charge in [-0.3, -0.25) is 0 Å². The van der Waals surface area contributed by atoms with E-state index in [1.165, 1.54) is 5.69 Å². The molecule has 0 radical (unpaired) electrons. The maximum Gasteiger partial charge on any atom is 0.336 e. The van der Waals surface area contributed by atoms with Crippen LogP contribution in [0.15, 0.2) is 48.5 Å². The van der Waals surface area contributed by atoms with Crippen LogP contribution in [0.1, 0.15) is 27.7 Å². The molecule has 0 atom stereocenters. The number of rotatable bonds is 7. The Morgan fingerprint density at radius 2 is 1.20 bits per heavy atom. The molecular formula is C24H31N5O. The van der Waals surface area contributed by atoms with Gasteiger partial charge in [-0.25, -0.2) is 0 Å². The van der Waals surface area contributed by atoms with E-state index in [9.17, 15) is 0 Å². The van der Waals surface area contributed by atoms with Crippen molar-refractivity contribution in [3.05, 3.63) is 48.5 Å². The average molecular weight is 406 g/mol. The van der Waals surface area contributed by atoms with Crippen LogP contribution in [0.3, 0.4) is 0 Å². The van der Waals surface area contributed by atoms with Gasteiger partial charge in [0.05, 0.1) is 7.11 Å². The number of aromatic nitrogens is 3. The molecule has 2 aromatic carbocycles. The summed E-state index contributed by atoms with van der Waals surface area (Å²) >= 11 is 0. The van der Waals surface area contributed by atoms with E-state index < -0.39 is 0 Å². The second-order valence-corrected chi connectivity index (χ2v) is 8.08. The number of benzene rings is 2. The van der Waals surface area contributed by atoms with Gasteiger partial charge in [-0.2, -0.15) is 4.98 Å². The van der Waals surface area contributed by atoms with Crippen LogP contribution in [-0.4, -0.2) is 48.5 Å². The number of nitrogens with zero attached hydrogens (tertiary/aromatic N) is 5. The summed E-state index contributed by atoms with van der Waals surface area (Å²) in [5.41, 5.74) is 5.75. The molecular weight excluding hydrogens is 374 g/mol. The van der Waals surface area contributed by atoms with Crippen LogP contribution >= 0.6 is 0 Å². The SMILES string of the molecule is COc1nnc(-c2ccc(N(C)C)cc2)c(-c2ccc(N(C(C)C)C(C)C)cc2)n1. The first kappa shape index (κ1) is 21.6. The average Bonchev–Trinajstić information content (AvgIpc) is 2.73. The van der Waals surface area contributed by atoms with Gasteiger partial charge in [0.2, 0.25) is 0 Å². The molecule has 0 fully saturated rings. The van der Waals surface area contributed by atoms with Crippen molar-refractivity contribution < 1.29 is 4.74 Å². The van der Waals surface area contributed by atoms with E-state index in [0.29, 0.717) is 12.1 Å². The molecule has 0 unspecified atom stereocenters. The van der Waals surface area contributed by atoms with E-state index in [2.05, 4.69) is 89.1 Å². The molecule has 0 spiro atoms. The third-order valence-electron chi connectivity index (χ3n) is 5.06. The third kappa shape index (κ3) is 4.53. The highest BCUT2D eigenvalue weighted by Gasteiger charge is 2.17. The number of ether oxygens (including phenoxy) is 1. The molecule has 0 aliphatic heterocycles. The molecule has 0 aliphatic carbocycles. The van der Waals surface area contributed by atoms with E-state index in [4.69, 9.17) is 4.74 Å². The Labute approximate surface area is 179 Å². The molecule has 3 aromatic rings. The topological polar surface area (TPSA) is 54.4 Å². The van der Waals surface area contributed by atoms with Crippen LogP contribution in [0, 0.1) is 0 Å². The fourth-order valence-corrected chi connectivity index (χ4v) is 3.69. The second kappa shape index (κ2) is 9.11. The van der Waals surface area contributed by atoms with Crippen LogP contribution in [-0.2, 0) is 0 Å². The minimum Gasteiger partial charge on any atom is -0.466 e. The van der Waals surface area contributed by atoms with Crippen molar-refractivity contribution in [1.82, 2.24) is 15.2 Å². The molecule has 0 saturated carbocycles. The number of hydrogen-bond acceptors (Lipinski definition) is 6. The largest absolute Gasteiger partial charge is 0.466 e. The number of methoxy groups -OCH3 is 1. The zero-order valence-electron chi connectivity index (χ0n) is 18.9. The van der Waals surface area contributed by atoms with E-state index >= 15 is 0 Å². The molecule has 0 bridgehead atoms. The minimum atomic E-state index is 0.258. The van der Waals surface area contributed by atoms with Gasteiger partial charge >= 0.3 is 6.01 Å². The first-order valence-electron chi connectivity index (χ1n) is 10.3. The quantitative estimate of drug-likeness (QED) is 0.557. The lowest BCUT2D eigenvalue weighted by Crippen LogP contribution is -2.36. The molecule has 0 amide bonds. The van der Waals surface area contributed by atoms with Crippen LogP contribution in [0.5, 0.6) is 6.01 Å². The van der Waals surface area contributed by atoms with Crippen molar-refractivity contribution >= 4 is 11.4 Å². The Hall–Kier alpha value is -3.15. The Morgan fingerprint density at radius 3 is 1.67 bits per heavy atom. The number of hydrogen-bond donors (Lipinski definition) is 0. The Bertz CT molecular complexity index is 958. The highest BCUT2D eigenvalue weighted by Crippen LogP contribution is 2.32. The highest BCUT2D eigenvalue weighted by atomic mass is 16.5. The summed E-state index contributed by atoms with van der Waals surface area (Å²) in [4.78, 5) is 9.08. The van der Waals surface area contributed by atoms with Crippen molar-refractivity contribution in [3.8, 4) is 28.5 Å². The van der Waals surface area contributed by atoms with E-state index in [-0.39, 0.29) is 6.01 Å². The van der Waals surface area contributed by atoms with Crippen molar-refractivity contribution in [3.63, 3.8) is 0 Å². The molecule has 1 aromatic heterocycles. The van der Waals surface area contributed by atoms with Crippen LogP contribution < -0.4 is 14.5 Å². The predicted molar refractivity (Wildman–Crippen MR) is 124 cm³/mol. The zero-order valence-corrected chi connectivity index (χ0v) is 18.9. The molecule has 6 heteroatoms. The van der Waals surface area contributed by atoms with Gasteiger partial charge in [0.1, 0.15) is 11.4 Å². The lowest BCUT2D eigenvalue weighted by Gasteiger charge is -2.33. The van der Waals surface area contributed by atoms with Crippen molar-refractivity contribution in [1.29, 1.82) is 0 Å². The molecule has 0 aliphatic rings. The van der Waals surface area contributed by atoms with Gasteiger partial charge in [-0.05, 0) is 52.0 Å². The first-order valence-corrected chi connectivity index (χ1v) is 10.3. The molecule has 3 rings (SSSR count). The summed E-state index contributed by atoms with van der Waals surface area (Å²) in [7, 11) is 5.60. The normalized spacial score (nSPS) is 11.1. The number of anilines is 2. The zero-order chi connectivity index (χ0) is 21.8. The summed E-state index contributed by atoms with van der Waals surface area (Å²) < 4.78 is 5.24.